The van der Waals surface area contributed by atoms with E-state index in [4.69, 9.17) is 14.9 Å². The van der Waals surface area contributed by atoms with Gasteiger partial charge in [-0.1, -0.05) is 0 Å². The SMILES string of the molecule is O=NC(=O)C(NC(=O)O)P(=O)(O)O. The van der Waals surface area contributed by atoms with Gasteiger partial charge < -0.3 is 14.9 Å². The van der Waals surface area contributed by atoms with Crippen LogP contribution in [0.3, 0.4) is 0 Å². The van der Waals surface area contributed by atoms with Crippen molar-refractivity contribution in [2.75, 3.05) is 0 Å². The Morgan fingerprint density at radius 1 is 1.38 bits per heavy atom. The highest BCUT2D eigenvalue weighted by Crippen LogP contribution is 2.40. The Balaban J connectivity index is 4.76. The zero-order valence-corrected chi connectivity index (χ0v) is 6.84. The number of hydrogen-bond acceptors (Lipinski definition) is 4. The van der Waals surface area contributed by atoms with E-state index in [9.17, 15) is 19.1 Å². The number of amides is 2. The number of nitroso groups, excluding NO2 is 1. The van der Waals surface area contributed by atoms with Gasteiger partial charge >= 0.3 is 19.6 Å². The molecule has 0 aromatic carbocycles. The first-order valence-corrected chi connectivity index (χ1v) is 4.39. The molecule has 1 unspecified atom stereocenters. The lowest BCUT2D eigenvalue weighted by Crippen LogP contribution is -2.38. The van der Waals surface area contributed by atoms with Crippen LogP contribution in [0.1, 0.15) is 0 Å². The van der Waals surface area contributed by atoms with Crippen LogP contribution >= 0.6 is 7.60 Å². The first kappa shape index (κ1) is 11.7. The molecule has 0 fully saturated rings. The molecule has 74 valence electrons. The maximum Gasteiger partial charge on any atom is 0.405 e. The second-order valence-electron chi connectivity index (χ2n) is 1.87. The highest BCUT2D eigenvalue weighted by Gasteiger charge is 2.38. The molecule has 9 nitrogen and oxygen atoms in total. The summed E-state index contributed by atoms with van der Waals surface area (Å²) in [7, 11) is -5.04. The molecule has 0 saturated heterocycles. The van der Waals surface area contributed by atoms with Crippen LogP contribution in [0, 0.1) is 4.91 Å². The molecule has 0 aliphatic carbocycles. The van der Waals surface area contributed by atoms with Crippen molar-refractivity contribution >= 4 is 19.6 Å². The summed E-state index contributed by atoms with van der Waals surface area (Å²) in [6, 6.07) is 0. The molecular formula is C3H5N2O7P. The first-order chi connectivity index (χ1) is 5.79. The van der Waals surface area contributed by atoms with Gasteiger partial charge in [0.1, 0.15) is 0 Å². The lowest BCUT2D eigenvalue weighted by Gasteiger charge is -2.12. The van der Waals surface area contributed by atoms with E-state index in [-0.39, 0.29) is 0 Å². The maximum absolute atomic E-state index is 10.4. The molecule has 13 heavy (non-hydrogen) atoms. The third kappa shape index (κ3) is 3.74. The van der Waals surface area contributed by atoms with E-state index in [0.717, 1.165) is 0 Å². The number of nitrogens with one attached hydrogen (secondary N) is 1. The molecule has 0 rings (SSSR count). The largest absolute Gasteiger partial charge is 0.465 e. The van der Waals surface area contributed by atoms with E-state index in [1.807, 2.05) is 0 Å². The van der Waals surface area contributed by atoms with Crippen molar-refractivity contribution in [3.05, 3.63) is 4.91 Å². The molecular weight excluding hydrogens is 207 g/mol. The Hall–Kier alpha value is -1.31. The van der Waals surface area contributed by atoms with Gasteiger partial charge in [-0.15, -0.1) is 4.91 Å². The summed E-state index contributed by atoms with van der Waals surface area (Å²) in [5.41, 5.74) is 0. The highest BCUT2D eigenvalue weighted by molar-refractivity contribution is 7.53. The minimum Gasteiger partial charge on any atom is -0.465 e. The molecule has 0 aromatic rings. The predicted octanol–water partition coefficient (Wildman–Crippen LogP) is -0.949. The van der Waals surface area contributed by atoms with Gasteiger partial charge in [0.2, 0.25) is 5.78 Å². The van der Waals surface area contributed by atoms with E-state index in [1.54, 1.807) is 5.18 Å². The van der Waals surface area contributed by atoms with Crippen molar-refractivity contribution in [1.29, 1.82) is 0 Å². The Morgan fingerprint density at radius 3 is 2.08 bits per heavy atom. The molecule has 10 heteroatoms. The molecule has 0 spiro atoms. The summed E-state index contributed by atoms with van der Waals surface area (Å²) in [5.74, 6) is -4.20. The quantitative estimate of drug-likeness (QED) is 0.347. The predicted molar refractivity (Wildman–Crippen MR) is 37.8 cm³/mol. The third-order valence-corrected chi connectivity index (χ3v) is 1.94. The molecule has 1 atom stereocenters. The fraction of sp³-hybridized carbons (Fsp3) is 0.333. The monoisotopic (exact) mass is 212 g/mol. The van der Waals surface area contributed by atoms with Crippen molar-refractivity contribution in [3.63, 3.8) is 0 Å². The molecule has 0 aromatic heterocycles. The van der Waals surface area contributed by atoms with Crippen LogP contribution in [-0.2, 0) is 9.36 Å². The van der Waals surface area contributed by atoms with Crippen molar-refractivity contribution in [2.24, 2.45) is 5.18 Å². The fourth-order valence-electron chi connectivity index (χ4n) is 0.457. The second-order valence-corrected chi connectivity index (χ2v) is 3.57. The summed E-state index contributed by atoms with van der Waals surface area (Å²) >= 11 is 0. The van der Waals surface area contributed by atoms with E-state index >= 15 is 0 Å². The highest BCUT2D eigenvalue weighted by atomic mass is 31.2. The maximum atomic E-state index is 10.4. The summed E-state index contributed by atoms with van der Waals surface area (Å²) in [6.45, 7) is 0. The smallest absolute Gasteiger partial charge is 0.405 e. The third-order valence-electron chi connectivity index (χ3n) is 0.920. The fourth-order valence-corrected chi connectivity index (χ4v) is 1.07. The Bertz CT molecular complexity index is 281. The Labute approximate surface area is 70.9 Å². The van der Waals surface area contributed by atoms with Crippen LogP contribution in [-0.4, -0.2) is 32.7 Å². The van der Waals surface area contributed by atoms with Gasteiger partial charge in [0.15, 0.2) is 0 Å². The van der Waals surface area contributed by atoms with Crippen molar-refractivity contribution in [1.82, 2.24) is 5.32 Å². The Morgan fingerprint density at radius 2 is 1.85 bits per heavy atom. The minimum atomic E-state index is -5.04. The Kier molecular flexibility index (Phi) is 3.67. The van der Waals surface area contributed by atoms with Gasteiger partial charge in [-0.05, 0) is 0 Å². The minimum absolute atomic E-state index is 1.18. The van der Waals surface area contributed by atoms with Crippen LogP contribution in [0.4, 0.5) is 4.79 Å². The van der Waals surface area contributed by atoms with Gasteiger partial charge in [-0.3, -0.25) is 14.7 Å². The normalized spacial score (nSPS) is 13.1. The second kappa shape index (κ2) is 4.08. The first-order valence-electron chi connectivity index (χ1n) is 2.71. The number of hydrogen-bond donors (Lipinski definition) is 4. The average Bonchev–Trinajstić information content (AvgIpc) is 1.96. The summed E-state index contributed by atoms with van der Waals surface area (Å²) < 4.78 is 10.4. The number of carbonyl (C=O) groups is 2. The number of rotatable bonds is 3. The van der Waals surface area contributed by atoms with Crippen LogP contribution < -0.4 is 5.32 Å². The van der Waals surface area contributed by atoms with Crippen LogP contribution in [0.2, 0.25) is 0 Å². The van der Waals surface area contributed by atoms with Crippen molar-refractivity contribution < 1.29 is 29.0 Å². The zero-order chi connectivity index (χ0) is 10.6. The molecule has 0 saturated carbocycles. The molecule has 0 heterocycles. The average molecular weight is 212 g/mol. The summed E-state index contributed by atoms with van der Waals surface area (Å²) in [5, 5.41) is 10.9. The molecule has 0 aliphatic heterocycles. The van der Waals surface area contributed by atoms with Gasteiger partial charge in [0, 0.05) is 5.18 Å². The van der Waals surface area contributed by atoms with Gasteiger partial charge in [-0.2, -0.15) is 0 Å². The lowest BCUT2D eigenvalue weighted by molar-refractivity contribution is -0.118. The molecule has 0 bridgehead atoms. The van der Waals surface area contributed by atoms with Gasteiger partial charge in [0.25, 0.3) is 0 Å². The summed E-state index contributed by atoms with van der Waals surface area (Å²) in [6.07, 6.45) is -1.84. The van der Waals surface area contributed by atoms with Crippen molar-refractivity contribution in [3.8, 4) is 0 Å². The lowest BCUT2D eigenvalue weighted by atomic mass is 10.6. The van der Waals surface area contributed by atoms with E-state index < -0.39 is 25.4 Å². The molecule has 2 amide bonds. The van der Waals surface area contributed by atoms with E-state index in [2.05, 4.69) is 0 Å². The van der Waals surface area contributed by atoms with Crippen LogP contribution in [0.15, 0.2) is 5.18 Å². The van der Waals surface area contributed by atoms with E-state index in [0.29, 0.717) is 0 Å². The number of carbonyl (C=O) groups excluding carboxylic acids is 1. The molecule has 0 aliphatic rings. The summed E-state index contributed by atoms with van der Waals surface area (Å²) in [4.78, 5) is 46.7. The van der Waals surface area contributed by atoms with Gasteiger partial charge in [0.05, 0.1) is 0 Å². The van der Waals surface area contributed by atoms with E-state index in [1.165, 1.54) is 5.32 Å². The van der Waals surface area contributed by atoms with Crippen LogP contribution in [0.5, 0.6) is 0 Å². The standard InChI is InChI=1S/C3H5N2O7P/c6-1(5-9)2(4-3(7)8)13(10,11)12/h2,4H,(H,7,8)(H2,10,11,12). The number of nitrogens with zero attached hydrogens (tertiary/aromatic N) is 1. The van der Waals surface area contributed by atoms with Gasteiger partial charge in [-0.25, -0.2) is 4.79 Å². The van der Waals surface area contributed by atoms with Crippen LogP contribution in [0.25, 0.3) is 0 Å². The molecule has 4 N–H and O–H groups in total. The topological polar surface area (TPSA) is 153 Å². The zero-order valence-electron chi connectivity index (χ0n) is 5.95. The van der Waals surface area contributed by atoms with Crippen molar-refractivity contribution in [2.45, 2.75) is 5.78 Å². The number of carboxylic acid groups (broad SMARTS) is 1. The molecule has 0 radical (unpaired) electrons.